The van der Waals surface area contributed by atoms with Crippen molar-refractivity contribution in [3.63, 3.8) is 0 Å². The number of nitrogens with one attached hydrogen (secondary N) is 1. The first-order valence-corrected chi connectivity index (χ1v) is 9.47. The third-order valence-corrected chi connectivity index (χ3v) is 4.39. The van der Waals surface area contributed by atoms with Gasteiger partial charge in [0.25, 0.3) is 0 Å². The Kier molecular flexibility index (Phi) is 8.21. The predicted molar refractivity (Wildman–Crippen MR) is 88.3 cm³/mol. The highest BCUT2D eigenvalue weighted by atomic mass is 79.9. The van der Waals surface area contributed by atoms with Gasteiger partial charge >= 0.3 is 0 Å². The average molecular weight is 413 g/mol. The zero-order valence-corrected chi connectivity index (χ0v) is 15.2. The number of hydrogen-bond donors (Lipinski definition) is 1. The minimum absolute atomic E-state index is 0.641. The molecule has 0 heterocycles. The van der Waals surface area contributed by atoms with Gasteiger partial charge in [0.1, 0.15) is 5.75 Å². The Hall–Kier alpha value is 0.0900. The normalized spacial score (nSPS) is 12.4. The molecule has 0 aromatic heterocycles. The molecule has 3 nitrogen and oxygen atoms in total. The van der Waals surface area contributed by atoms with E-state index in [0.29, 0.717) is 6.61 Å². The number of halogens is 2. The first kappa shape index (κ1) is 17.1. The molecular weight excluding hydrogens is 394 g/mol. The van der Waals surface area contributed by atoms with Crippen molar-refractivity contribution < 1.29 is 8.95 Å². The molecule has 0 aliphatic carbocycles. The van der Waals surface area contributed by atoms with Crippen LogP contribution < -0.4 is 10.1 Å². The highest BCUT2D eigenvalue weighted by molar-refractivity contribution is 9.11. The first-order valence-electron chi connectivity index (χ1n) is 6.16. The van der Waals surface area contributed by atoms with Crippen molar-refractivity contribution >= 4 is 42.7 Å². The highest BCUT2D eigenvalue weighted by Crippen LogP contribution is 2.32. The standard InChI is InChI=1S/C13H19Br2NO2S/c1-3-18-13-10(7-11(14)8-12(13)15)9-16-5-4-6-19(2)17/h7-8,16H,3-6,9H2,1-2H3. The summed E-state index contributed by atoms with van der Waals surface area (Å²) in [6.07, 6.45) is 2.65. The van der Waals surface area contributed by atoms with Crippen LogP contribution in [-0.4, -0.2) is 29.4 Å². The minimum Gasteiger partial charge on any atom is -0.492 e. The van der Waals surface area contributed by atoms with Gasteiger partial charge < -0.3 is 10.1 Å². The largest absolute Gasteiger partial charge is 0.492 e. The maximum atomic E-state index is 11.0. The van der Waals surface area contributed by atoms with Gasteiger partial charge in [0.2, 0.25) is 0 Å². The molecule has 0 aliphatic heterocycles. The van der Waals surface area contributed by atoms with Crippen LogP contribution >= 0.6 is 31.9 Å². The quantitative estimate of drug-likeness (QED) is 0.664. The number of ether oxygens (including phenoxy) is 1. The molecule has 1 unspecified atom stereocenters. The molecular formula is C13H19Br2NO2S. The van der Waals surface area contributed by atoms with Crippen molar-refractivity contribution in [3.05, 3.63) is 26.6 Å². The van der Waals surface area contributed by atoms with Gasteiger partial charge in [-0.3, -0.25) is 4.21 Å². The van der Waals surface area contributed by atoms with Crippen LogP contribution in [0, 0.1) is 0 Å². The number of benzene rings is 1. The Morgan fingerprint density at radius 1 is 1.37 bits per heavy atom. The molecule has 1 atom stereocenters. The van der Waals surface area contributed by atoms with Gasteiger partial charge in [-0.2, -0.15) is 0 Å². The minimum atomic E-state index is -0.708. The average Bonchev–Trinajstić information content (AvgIpc) is 2.32. The second-order valence-corrected chi connectivity index (χ2v) is 7.44. The second kappa shape index (κ2) is 9.10. The van der Waals surface area contributed by atoms with E-state index in [-0.39, 0.29) is 0 Å². The summed E-state index contributed by atoms with van der Waals surface area (Å²) in [6.45, 7) is 4.21. The molecule has 0 radical (unpaired) electrons. The second-order valence-electron chi connectivity index (χ2n) is 4.12. The first-order chi connectivity index (χ1) is 9.04. The van der Waals surface area contributed by atoms with E-state index in [2.05, 4.69) is 43.2 Å². The Bertz CT molecular complexity index is 441. The summed E-state index contributed by atoms with van der Waals surface area (Å²) in [6, 6.07) is 4.04. The predicted octanol–water partition coefficient (Wildman–Crippen LogP) is 3.47. The smallest absolute Gasteiger partial charge is 0.138 e. The Morgan fingerprint density at radius 2 is 2.11 bits per heavy atom. The van der Waals surface area contributed by atoms with Crippen LogP contribution in [0.2, 0.25) is 0 Å². The van der Waals surface area contributed by atoms with Crippen LogP contribution in [-0.2, 0) is 17.3 Å². The zero-order chi connectivity index (χ0) is 14.3. The molecule has 0 saturated heterocycles. The van der Waals surface area contributed by atoms with Crippen molar-refractivity contribution in [3.8, 4) is 5.75 Å². The lowest BCUT2D eigenvalue weighted by molar-refractivity contribution is 0.333. The van der Waals surface area contributed by atoms with Crippen molar-refractivity contribution in [1.82, 2.24) is 5.32 Å². The highest BCUT2D eigenvalue weighted by Gasteiger charge is 2.09. The van der Waals surface area contributed by atoms with E-state index in [4.69, 9.17) is 4.74 Å². The van der Waals surface area contributed by atoms with Crippen LogP contribution in [0.15, 0.2) is 21.1 Å². The van der Waals surface area contributed by atoms with Crippen LogP contribution in [0.5, 0.6) is 5.75 Å². The van der Waals surface area contributed by atoms with Gasteiger partial charge in [-0.15, -0.1) is 0 Å². The summed E-state index contributed by atoms with van der Waals surface area (Å²) < 4.78 is 18.6. The molecule has 1 aromatic rings. The van der Waals surface area contributed by atoms with Gasteiger partial charge in [-0.25, -0.2) is 0 Å². The van der Waals surface area contributed by atoms with Gasteiger partial charge in [0.05, 0.1) is 11.1 Å². The van der Waals surface area contributed by atoms with E-state index in [1.54, 1.807) is 6.26 Å². The van der Waals surface area contributed by atoms with E-state index in [0.717, 1.165) is 45.5 Å². The molecule has 108 valence electrons. The monoisotopic (exact) mass is 411 g/mol. The lowest BCUT2D eigenvalue weighted by atomic mass is 10.2. The fraction of sp³-hybridized carbons (Fsp3) is 0.538. The summed E-state index contributed by atoms with van der Waals surface area (Å²) >= 11 is 7.00. The van der Waals surface area contributed by atoms with Crippen LogP contribution in [0.3, 0.4) is 0 Å². The Morgan fingerprint density at radius 3 is 2.74 bits per heavy atom. The zero-order valence-electron chi connectivity index (χ0n) is 11.2. The molecule has 1 rings (SSSR count). The lowest BCUT2D eigenvalue weighted by Crippen LogP contribution is -2.17. The Balaban J connectivity index is 2.58. The maximum Gasteiger partial charge on any atom is 0.138 e. The molecule has 0 saturated carbocycles. The molecule has 19 heavy (non-hydrogen) atoms. The van der Waals surface area contributed by atoms with Crippen LogP contribution in [0.1, 0.15) is 18.9 Å². The summed E-state index contributed by atoms with van der Waals surface area (Å²) in [5, 5.41) is 3.35. The van der Waals surface area contributed by atoms with Gasteiger partial charge in [0, 0.05) is 39.4 Å². The van der Waals surface area contributed by atoms with Gasteiger partial charge in [-0.1, -0.05) is 15.9 Å². The van der Waals surface area contributed by atoms with Gasteiger partial charge in [0.15, 0.2) is 0 Å². The number of hydrogen-bond acceptors (Lipinski definition) is 3. The molecule has 6 heteroatoms. The van der Waals surface area contributed by atoms with E-state index < -0.39 is 10.8 Å². The lowest BCUT2D eigenvalue weighted by Gasteiger charge is -2.13. The molecule has 0 fully saturated rings. The molecule has 1 aromatic carbocycles. The maximum absolute atomic E-state index is 11.0. The third kappa shape index (κ3) is 6.38. The molecule has 0 aliphatic rings. The van der Waals surface area contributed by atoms with E-state index >= 15 is 0 Å². The van der Waals surface area contributed by atoms with Crippen molar-refractivity contribution in [2.45, 2.75) is 19.9 Å². The summed E-state index contributed by atoms with van der Waals surface area (Å²) in [5.74, 6) is 1.63. The molecule has 0 bridgehead atoms. The summed E-state index contributed by atoms with van der Waals surface area (Å²) in [7, 11) is -0.708. The van der Waals surface area contributed by atoms with Crippen LogP contribution in [0.25, 0.3) is 0 Å². The fourth-order valence-electron chi connectivity index (χ4n) is 1.67. The van der Waals surface area contributed by atoms with Crippen LogP contribution in [0.4, 0.5) is 0 Å². The number of rotatable bonds is 8. The molecule has 1 N–H and O–H groups in total. The van der Waals surface area contributed by atoms with Gasteiger partial charge in [-0.05, 0) is 48.0 Å². The molecule has 0 spiro atoms. The third-order valence-electron chi connectivity index (χ3n) is 2.47. The summed E-state index contributed by atoms with van der Waals surface area (Å²) in [5.41, 5.74) is 1.11. The fourth-order valence-corrected chi connectivity index (χ4v) is 3.65. The van der Waals surface area contributed by atoms with E-state index in [1.807, 2.05) is 13.0 Å². The Labute approximate surface area is 134 Å². The summed E-state index contributed by atoms with van der Waals surface area (Å²) in [4.78, 5) is 0. The molecule has 0 amide bonds. The SMILES string of the molecule is CCOc1c(Br)cc(Br)cc1CNCCCS(C)=O. The van der Waals surface area contributed by atoms with E-state index in [9.17, 15) is 4.21 Å². The topological polar surface area (TPSA) is 38.3 Å². The van der Waals surface area contributed by atoms with E-state index in [1.165, 1.54) is 0 Å². The van der Waals surface area contributed by atoms with Crippen molar-refractivity contribution in [1.29, 1.82) is 0 Å². The van der Waals surface area contributed by atoms with Crippen molar-refractivity contribution in [2.75, 3.05) is 25.2 Å². The van der Waals surface area contributed by atoms with Crippen molar-refractivity contribution in [2.24, 2.45) is 0 Å².